The van der Waals surface area contributed by atoms with E-state index in [0.29, 0.717) is 5.52 Å². The molecule has 0 aliphatic heterocycles. The first-order valence-electron chi connectivity index (χ1n) is 4.48. The third-order valence-corrected chi connectivity index (χ3v) is 2.08. The number of halogens is 1. The van der Waals surface area contributed by atoms with E-state index < -0.39 is 0 Å². The highest BCUT2D eigenvalue weighted by atomic mass is 19.1. The fourth-order valence-electron chi connectivity index (χ4n) is 1.44. The molecule has 0 fully saturated rings. The van der Waals surface area contributed by atoms with Gasteiger partial charge in [0.15, 0.2) is 0 Å². The summed E-state index contributed by atoms with van der Waals surface area (Å²) in [6, 6.07) is 6.65. The molecule has 0 amide bonds. The lowest BCUT2D eigenvalue weighted by atomic mass is 10.1. The van der Waals surface area contributed by atoms with Crippen LogP contribution in [0.5, 0.6) is 0 Å². The van der Waals surface area contributed by atoms with Crippen LogP contribution >= 0.6 is 0 Å². The quantitative estimate of drug-likeness (QED) is 0.784. The lowest BCUT2D eigenvalue weighted by molar-refractivity contribution is 0.629. The molecule has 1 N–H and O–H groups in total. The lowest BCUT2D eigenvalue weighted by Gasteiger charge is -2.01. The third kappa shape index (κ3) is 1.72. The van der Waals surface area contributed by atoms with E-state index in [1.54, 1.807) is 12.3 Å². The van der Waals surface area contributed by atoms with Gasteiger partial charge in [0.1, 0.15) is 5.82 Å². The maximum atomic E-state index is 12.8. The smallest absolute Gasteiger partial charge is 0.125 e. The van der Waals surface area contributed by atoms with Gasteiger partial charge in [0, 0.05) is 24.2 Å². The summed E-state index contributed by atoms with van der Waals surface area (Å²) in [5, 5.41) is 4.02. The van der Waals surface area contributed by atoms with Crippen molar-refractivity contribution in [2.24, 2.45) is 0 Å². The highest BCUT2D eigenvalue weighted by Gasteiger charge is 1.98. The van der Waals surface area contributed by atoms with Gasteiger partial charge in [-0.15, -0.1) is 0 Å². The summed E-state index contributed by atoms with van der Waals surface area (Å²) in [6.07, 6.45) is 1.76. The molecule has 0 atom stereocenters. The summed E-state index contributed by atoms with van der Waals surface area (Å²) in [6.45, 7) is 0.778. The first-order chi connectivity index (χ1) is 6.79. The van der Waals surface area contributed by atoms with Crippen molar-refractivity contribution in [3.8, 4) is 0 Å². The Hall–Kier alpha value is -1.48. The predicted octanol–water partition coefficient (Wildman–Crippen LogP) is 2.09. The molecule has 0 bridgehead atoms. The average Bonchev–Trinajstić information content (AvgIpc) is 2.19. The van der Waals surface area contributed by atoms with Gasteiger partial charge >= 0.3 is 0 Å². The van der Waals surface area contributed by atoms with E-state index in [1.165, 1.54) is 12.1 Å². The lowest BCUT2D eigenvalue weighted by Crippen LogP contribution is -2.05. The number of nitrogens with one attached hydrogen (secondary N) is 1. The molecule has 0 saturated heterocycles. The Morgan fingerprint density at radius 2 is 2.21 bits per heavy atom. The van der Waals surface area contributed by atoms with Gasteiger partial charge in [-0.2, -0.15) is 0 Å². The Morgan fingerprint density at radius 1 is 1.36 bits per heavy atom. The topological polar surface area (TPSA) is 24.9 Å². The second kappa shape index (κ2) is 3.72. The largest absolute Gasteiger partial charge is 0.316 e. The molecule has 2 rings (SSSR count). The van der Waals surface area contributed by atoms with Gasteiger partial charge in [0.25, 0.3) is 0 Å². The van der Waals surface area contributed by atoms with Crippen LogP contribution in [0.15, 0.2) is 30.5 Å². The van der Waals surface area contributed by atoms with Crippen molar-refractivity contribution in [2.75, 3.05) is 7.05 Å². The van der Waals surface area contributed by atoms with Crippen molar-refractivity contribution in [3.63, 3.8) is 0 Å². The van der Waals surface area contributed by atoms with Crippen molar-refractivity contribution in [1.82, 2.24) is 10.3 Å². The van der Waals surface area contributed by atoms with Crippen LogP contribution in [-0.2, 0) is 6.54 Å². The van der Waals surface area contributed by atoms with Crippen LogP contribution in [0.3, 0.4) is 0 Å². The predicted molar refractivity (Wildman–Crippen MR) is 54.5 cm³/mol. The maximum absolute atomic E-state index is 12.8. The molecule has 0 unspecified atom stereocenters. The van der Waals surface area contributed by atoms with Crippen molar-refractivity contribution in [3.05, 3.63) is 41.8 Å². The summed E-state index contributed by atoms with van der Waals surface area (Å²) < 4.78 is 12.8. The molecule has 14 heavy (non-hydrogen) atoms. The number of fused-ring (bicyclic) bond motifs is 1. The molecule has 72 valence electrons. The van der Waals surface area contributed by atoms with Crippen molar-refractivity contribution in [1.29, 1.82) is 0 Å². The van der Waals surface area contributed by atoms with E-state index in [4.69, 9.17) is 0 Å². The average molecular weight is 190 g/mol. The summed E-state index contributed by atoms with van der Waals surface area (Å²) in [7, 11) is 1.88. The van der Waals surface area contributed by atoms with E-state index in [9.17, 15) is 4.39 Å². The number of pyridine rings is 1. The van der Waals surface area contributed by atoms with Crippen LogP contribution in [0.25, 0.3) is 10.9 Å². The van der Waals surface area contributed by atoms with Gasteiger partial charge < -0.3 is 5.32 Å². The second-order valence-electron chi connectivity index (χ2n) is 3.21. The molecule has 1 aromatic carbocycles. The van der Waals surface area contributed by atoms with Crippen LogP contribution in [0.2, 0.25) is 0 Å². The second-order valence-corrected chi connectivity index (χ2v) is 3.21. The minimum atomic E-state index is -0.244. The standard InChI is InChI=1S/C11H11FN2/c1-13-6-8-4-9-2-3-10(12)5-11(9)14-7-8/h2-5,7,13H,6H2,1H3. The van der Waals surface area contributed by atoms with E-state index in [-0.39, 0.29) is 5.82 Å². The molecular weight excluding hydrogens is 179 g/mol. The Bertz CT molecular complexity index is 454. The maximum Gasteiger partial charge on any atom is 0.125 e. The fourth-order valence-corrected chi connectivity index (χ4v) is 1.44. The van der Waals surface area contributed by atoms with E-state index in [2.05, 4.69) is 10.3 Å². The minimum Gasteiger partial charge on any atom is -0.316 e. The monoisotopic (exact) mass is 190 g/mol. The van der Waals surface area contributed by atoms with Gasteiger partial charge in [-0.05, 0) is 30.8 Å². The molecule has 2 nitrogen and oxygen atoms in total. The first kappa shape index (κ1) is 9.09. The van der Waals surface area contributed by atoms with Gasteiger partial charge in [-0.3, -0.25) is 4.98 Å². The molecule has 0 aliphatic rings. The van der Waals surface area contributed by atoms with Crippen LogP contribution in [0, 0.1) is 5.82 Å². The van der Waals surface area contributed by atoms with E-state index in [1.807, 2.05) is 13.1 Å². The minimum absolute atomic E-state index is 0.244. The highest BCUT2D eigenvalue weighted by molar-refractivity contribution is 5.78. The Labute approximate surface area is 81.8 Å². The van der Waals surface area contributed by atoms with Gasteiger partial charge in [0.05, 0.1) is 5.52 Å². The van der Waals surface area contributed by atoms with Crippen LogP contribution in [-0.4, -0.2) is 12.0 Å². The SMILES string of the molecule is CNCc1cnc2cc(F)ccc2c1. The fraction of sp³-hybridized carbons (Fsp3) is 0.182. The normalized spacial score (nSPS) is 10.7. The Kier molecular flexibility index (Phi) is 2.41. The zero-order valence-electron chi connectivity index (χ0n) is 7.92. The molecule has 3 heteroatoms. The molecule has 1 heterocycles. The Balaban J connectivity index is 2.50. The molecular formula is C11H11FN2. The van der Waals surface area contributed by atoms with E-state index in [0.717, 1.165) is 17.5 Å². The Morgan fingerprint density at radius 3 is 3.00 bits per heavy atom. The summed E-state index contributed by atoms with van der Waals surface area (Å²) >= 11 is 0. The highest BCUT2D eigenvalue weighted by Crippen LogP contribution is 2.14. The third-order valence-electron chi connectivity index (χ3n) is 2.08. The number of benzene rings is 1. The summed E-state index contributed by atoms with van der Waals surface area (Å²) in [5.74, 6) is -0.244. The number of hydrogen-bond acceptors (Lipinski definition) is 2. The summed E-state index contributed by atoms with van der Waals surface area (Å²) in [5.41, 5.74) is 1.80. The number of nitrogens with zero attached hydrogens (tertiary/aromatic N) is 1. The molecule has 0 radical (unpaired) electrons. The van der Waals surface area contributed by atoms with Crippen molar-refractivity contribution < 1.29 is 4.39 Å². The molecule has 0 saturated carbocycles. The van der Waals surface area contributed by atoms with Crippen LogP contribution in [0.4, 0.5) is 4.39 Å². The molecule has 1 aromatic heterocycles. The van der Waals surface area contributed by atoms with Gasteiger partial charge in [0.2, 0.25) is 0 Å². The number of rotatable bonds is 2. The van der Waals surface area contributed by atoms with Gasteiger partial charge in [-0.1, -0.05) is 0 Å². The molecule has 0 aliphatic carbocycles. The van der Waals surface area contributed by atoms with Crippen molar-refractivity contribution in [2.45, 2.75) is 6.54 Å². The van der Waals surface area contributed by atoms with Crippen molar-refractivity contribution >= 4 is 10.9 Å². The molecule has 2 aromatic rings. The first-order valence-corrected chi connectivity index (χ1v) is 4.48. The zero-order valence-corrected chi connectivity index (χ0v) is 7.92. The number of aromatic nitrogens is 1. The van der Waals surface area contributed by atoms with Crippen LogP contribution < -0.4 is 5.32 Å². The van der Waals surface area contributed by atoms with Crippen LogP contribution in [0.1, 0.15) is 5.56 Å². The zero-order chi connectivity index (χ0) is 9.97. The number of hydrogen-bond donors (Lipinski definition) is 1. The van der Waals surface area contributed by atoms with E-state index >= 15 is 0 Å². The summed E-state index contributed by atoms with van der Waals surface area (Å²) in [4.78, 5) is 4.18. The molecule has 0 spiro atoms. The van der Waals surface area contributed by atoms with Gasteiger partial charge in [-0.25, -0.2) is 4.39 Å².